The molecule has 0 radical (unpaired) electrons. The molecule has 0 aliphatic carbocycles. The molecule has 4 N–H and O–H groups in total. The van der Waals surface area contributed by atoms with Crippen molar-refractivity contribution in [3.63, 3.8) is 0 Å². The van der Waals surface area contributed by atoms with Crippen LogP contribution in [0.25, 0.3) is 0 Å². The Bertz CT molecular complexity index is 861. The molecule has 10 heteroatoms. The summed E-state index contributed by atoms with van der Waals surface area (Å²) in [5.74, 6) is -1.08. The van der Waals surface area contributed by atoms with E-state index in [-0.39, 0.29) is 23.7 Å². The van der Waals surface area contributed by atoms with Crippen LogP contribution >= 0.6 is 15.9 Å². The first-order chi connectivity index (χ1) is 11.3. The summed E-state index contributed by atoms with van der Waals surface area (Å²) in [6.07, 6.45) is 1.25. The number of hydrogen-bond donors (Lipinski definition) is 3. The van der Waals surface area contributed by atoms with Gasteiger partial charge in [0.05, 0.1) is 0 Å². The number of anilines is 2. The van der Waals surface area contributed by atoms with E-state index in [1.54, 1.807) is 0 Å². The minimum atomic E-state index is -3.90. The molecular weight excluding hydrogens is 403 g/mol. The van der Waals surface area contributed by atoms with Gasteiger partial charge in [0.2, 0.25) is 15.9 Å². The van der Waals surface area contributed by atoms with Crippen molar-refractivity contribution < 1.29 is 17.6 Å². The van der Waals surface area contributed by atoms with Crippen LogP contribution in [0.15, 0.2) is 45.9 Å². The molecule has 2 aromatic rings. The molecule has 2 rings (SSSR count). The number of nitrogens with one attached hydrogen (secondary N) is 2. The molecule has 0 spiro atoms. The first-order valence-electron chi connectivity index (χ1n) is 6.74. The fourth-order valence-corrected chi connectivity index (χ4v) is 3.43. The van der Waals surface area contributed by atoms with Gasteiger partial charge >= 0.3 is 0 Å². The first kappa shape index (κ1) is 18.3. The van der Waals surface area contributed by atoms with E-state index in [1.165, 1.54) is 30.5 Å². The van der Waals surface area contributed by atoms with Gasteiger partial charge in [-0.25, -0.2) is 22.5 Å². The Hall–Kier alpha value is -2.04. The van der Waals surface area contributed by atoms with Crippen molar-refractivity contribution in [3.05, 3.63) is 46.8 Å². The van der Waals surface area contributed by atoms with Crippen molar-refractivity contribution in [1.29, 1.82) is 0 Å². The van der Waals surface area contributed by atoms with E-state index >= 15 is 0 Å². The zero-order chi connectivity index (χ0) is 17.7. The van der Waals surface area contributed by atoms with Gasteiger partial charge in [0, 0.05) is 29.3 Å². The number of carbonyl (C=O) groups excluding carboxylic acids is 1. The summed E-state index contributed by atoms with van der Waals surface area (Å²) in [6.45, 7) is -0.143. The highest BCUT2D eigenvalue weighted by atomic mass is 79.9. The Morgan fingerprint density at radius 1 is 1.33 bits per heavy atom. The molecular formula is C14H14BrFN4O3S. The number of nitrogen functional groups attached to an aromatic ring is 1. The average molecular weight is 417 g/mol. The topological polar surface area (TPSA) is 114 Å². The first-order valence-corrected chi connectivity index (χ1v) is 9.01. The summed E-state index contributed by atoms with van der Waals surface area (Å²) in [7, 11) is -3.90. The lowest BCUT2D eigenvalue weighted by Gasteiger charge is -2.09. The summed E-state index contributed by atoms with van der Waals surface area (Å²) in [5, 5.41) is 2.47. The van der Waals surface area contributed by atoms with Crippen LogP contribution in [0.1, 0.15) is 6.42 Å². The van der Waals surface area contributed by atoms with Crippen LogP contribution in [0.2, 0.25) is 0 Å². The zero-order valence-electron chi connectivity index (χ0n) is 12.3. The van der Waals surface area contributed by atoms with Crippen molar-refractivity contribution in [1.82, 2.24) is 9.71 Å². The van der Waals surface area contributed by atoms with Gasteiger partial charge in [0.25, 0.3) is 0 Å². The number of sulfonamides is 1. The van der Waals surface area contributed by atoms with E-state index in [0.29, 0.717) is 10.2 Å². The highest BCUT2D eigenvalue weighted by Crippen LogP contribution is 2.20. The summed E-state index contributed by atoms with van der Waals surface area (Å²) in [5.41, 5.74) is 5.85. The number of amides is 1. The monoisotopic (exact) mass is 416 g/mol. The van der Waals surface area contributed by atoms with Crippen molar-refractivity contribution in [3.8, 4) is 0 Å². The normalized spacial score (nSPS) is 11.2. The van der Waals surface area contributed by atoms with Crippen molar-refractivity contribution in [2.45, 2.75) is 11.3 Å². The highest BCUT2D eigenvalue weighted by molar-refractivity contribution is 9.10. The molecule has 0 aliphatic heterocycles. The maximum atomic E-state index is 13.0. The van der Waals surface area contributed by atoms with Crippen LogP contribution < -0.4 is 15.8 Å². The van der Waals surface area contributed by atoms with Gasteiger partial charge in [0.1, 0.15) is 16.5 Å². The van der Waals surface area contributed by atoms with Crippen LogP contribution in [0.4, 0.5) is 15.9 Å². The number of nitrogens with zero attached hydrogens (tertiary/aromatic N) is 1. The largest absolute Gasteiger partial charge is 0.383 e. The quantitative estimate of drug-likeness (QED) is 0.664. The minimum absolute atomic E-state index is 0.128. The van der Waals surface area contributed by atoms with Crippen LogP contribution in [-0.4, -0.2) is 25.9 Å². The Balaban J connectivity index is 1.93. The second-order valence-corrected chi connectivity index (χ2v) is 7.39. The second kappa shape index (κ2) is 7.69. The van der Waals surface area contributed by atoms with Crippen molar-refractivity contribution in [2.75, 3.05) is 17.6 Å². The molecule has 128 valence electrons. The maximum Gasteiger partial charge on any atom is 0.244 e. The summed E-state index contributed by atoms with van der Waals surface area (Å²) >= 11 is 3.12. The number of nitrogens with two attached hydrogens (primary N) is 1. The molecule has 0 saturated heterocycles. The Morgan fingerprint density at radius 3 is 2.79 bits per heavy atom. The second-order valence-electron chi connectivity index (χ2n) is 4.74. The van der Waals surface area contributed by atoms with E-state index in [1.807, 2.05) is 0 Å². The predicted molar refractivity (Wildman–Crippen MR) is 91.2 cm³/mol. The van der Waals surface area contributed by atoms with Gasteiger partial charge < -0.3 is 11.1 Å². The number of benzene rings is 1. The van der Waals surface area contributed by atoms with E-state index in [0.717, 1.165) is 6.07 Å². The third kappa shape index (κ3) is 4.98. The molecule has 7 nitrogen and oxygen atoms in total. The molecule has 0 fully saturated rings. The van der Waals surface area contributed by atoms with E-state index < -0.39 is 21.7 Å². The summed E-state index contributed by atoms with van der Waals surface area (Å²) < 4.78 is 40.1. The number of hydrogen-bond acceptors (Lipinski definition) is 5. The summed E-state index contributed by atoms with van der Waals surface area (Å²) in [4.78, 5) is 15.3. The van der Waals surface area contributed by atoms with Crippen molar-refractivity contribution in [2.24, 2.45) is 0 Å². The molecule has 0 saturated carbocycles. The number of aromatic nitrogens is 1. The highest BCUT2D eigenvalue weighted by Gasteiger charge is 2.19. The zero-order valence-corrected chi connectivity index (χ0v) is 14.7. The van der Waals surface area contributed by atoms with Gasteiger partial charge in [-0.15, -0.1) is 0 Å². The van der Waals surface area contributed by atoms with Gasteiger partial charge in [-0.3, -0.25) is 4.79 Å². The molecule has 0 bridgehead atoms. The van der Waals surface area contributed by atoms with E-state index in [4.69, 9.17) is 5.73 Å². The molecule has 1 aromatic heterocycles. The number of pyridine rings is 1. The third-order valence-electron chi connectivity index (χ3n) is 2.89. The van der Waals surface area contributed by atoms with Crippen molar-refractivity contribution >= 4 is 43.4 Å². The summed E-state index contributed by atoms with van der Waals surface area (Å²) in [6, 6.07) is 6.71. The Labute approximate surface area is 146 Å². The minimum Gasteiger partial charge on any atom is -0.383 e. The lowest BCUT2D eigenvalue weighted by Crippen LogP contribution is -2.28. The van der Waals surface area contributed by atoms with Gasteiger partial charge in [0.15, 0.2) is 0 Å². The third-order valence-corrected chi connectivity index (χ3v) is 4.81. The van der Waals surface area contributed by atoms with E-state index in [2.05, 4.69) is 31.0 Å². The van der Waals surface area contributed by atoms with E-state index in [9.17, 15) is 17.6 Å². The standard InChI is InChI=1S/C14H14BrFN4O3S/c15-9-6-12(14(17)18-8-9)24(22,23)19-5-4-13(21)20-11-3-1-2-10(16)7-11/h1-3,6-8,19H,4-5H2,(H2,17,18)(H,20,21). The molecule has 24 heavy (non-hydrogen) atoms. The smallest absolute Gasteiger partial charge is 0.244 e. The molecule has 0 atom stereocenters. The lowest BCUT2D eigenvalue weighted by molar-refractivity contribution is -0.116. The Morgan fingerprint density at radius 2 is 2.08 bits per heavy atom. The predicted octanol–water partition coefficient (Wildman–Crippen LogP) is 1.87. The molecule has 1 amide bonds. The SMILES string of the molecule is Nc1ncc(Br)cc1S(=O)(=O)NCCC(=O)Nc1cccc(F)c1. The lowest BCUT2D eigenvalue weighted by atomic mass is 10.3. The number of carbonyl (C=O) groups is 1. The molecule has 0 aliphatic rings. The maximum absolute atomic E-state index is 13.0. The van der Waals surface area contributed by atoms with Crippen LogP contribution in [-0.2, 0) is 14.8 Å². The average Bonchev–Trinajstić information content (AvgIpc) is 2.49. The molecule has 1 aromatic carbocycles. The van der Waals surface area contributed by atoms with Crippen LogP contribution in [0.3, 0.4) is 0 Å². The fraction of sp³-hybridized carbons (Fsp3) is 0.143. The van der Waals surface area contributed by atoms with Crippen LogP contribution in [0, 0.1) is 5.82 Å². The number of halogens is 2. The molecule has 0 unspecified atom stereocenters. The van der Waals surface area contributed by atoms with Gasteiger partial charge in [-0.05, 0) is 40.2 Å². The number of rotatable bonds is 6. The van der Waals surface area contributed by atoms with Crippen LogP contribution in [0.5, 0.6) is 0 Å². The Kier molecular flexibility index (Phi) is 5.86. The molecule has 1 heterocycles. The fourth-order valence-electron chi connectivity index (χ4n) is 1.81. The van der Waals surface area contributed by atoms with Gasteiger partial charge in [-0.2, -0.15) is 0 Å². The van der Waals surface area contributed by atoms with Gasteiger partial charge in [-0.1, -0.05) is 6.07 Å².